The van der Waals surface area contributed by atoms with E-state index >= 15 is 0 Å². The number of hydrogen-bond donors (Lipinski definition) is 1. The molecule has 2 heterocycles. The number of rotatable bonds is 4. The van der Waals surface area contributed by atoms with Crippen molar-refractivity contribution in [3.05, 3.63) is 34.2 Å². The van der Waals surface area contributed by atoms with E-state index in [1.807, 2.05) is 0 Å². The molecular formula is C14H21N2O3+. The first-order valence-corrected chi connectivity index (χ1v) is 6.83. The molecule has 1 fully saturated rings. The molecule has 1 aromatic rings. The average Bonchev–Trinajstić information content (AvgIpc) is 2.46. The highest BCUT2D eigenvalue weighted by Gasteiger charge is 2.14. The van der Waals surface area contributed by atoms with Crippen molar-refractivity contribution < 1.29 is 14.4 Å². The predicted molar refractivity (Wildman–Crippen MR) is 71.5 cm³/mol. The summed E-state index contributed by atoms with van der Waals surface area (Å²) in [7, 11) is 1.34. The van der Waals surface area contributed by atoms with Gasteiger partial charge in [-0.3, -0.25) is 4.79 Å². The molecule has 0 radical (unpaired) electrons. The Hall–Kier alpha value is -1.62. The van der Waals surface area contributed by atoms with Gasteiger partial charge in [0.2, 0.25) is 0 Å². The van der Waals surface area contributed by atoms with Gasteiger partial charge in [-0.2, -0.15) is 0 Å². The van der Waals surface area contributed by atoms with Crippen LogP contribution in [0.4, 0.5) is 0 Å². The van der Waals surface area contributed by atoms with Gasteiger partial charge >= 0.3 is 5.97 Å². The van der Waals surface area contributed by atoms with E-state index in [9.17, 15) is 9.59 Å². The fourth-order valence-electron chi connectivity index (χ4n) is 2.53. The molecule has 5 nitrogen and oxygen atoms in total. The fraction of sp³-hybridized carbons (Fsp3) is 0.571. The number of quaternary nitrogens is 1. The molecule has 0 bridgehead atoms. The van der Waals surface area contributed by atoms with Crippen LogP contribution in [0.1, 0.15) is 29.6 Å². The maximum atomic E-state index is 11.8. The van der Waals surface area contributed by atoms with Crippen molar-refractivity contribution >= 4 is 5.97 Å². The molecular weight excluding hydrogens is 244 g/mol. The molecule has 0 saturated carbocycles. The van der Waals surface area contributed by atoms with Crippen LogP contribution in [0.25, 0.3) is 0 Å². The zero-order valence-corrected chi connectivity index (χ0v) is 11.4. The largest absolute Gasteiger partial charge is 0.465 e. The minimum Gasteiger partial charge on any atom is -0.465 e. The lowest BCUT2D eigenvalue weighted by atomic mass is 10.1. The van der Waals surface area contributed by atoms with Gasteiger partial charge in [-0.25, -0.2) is 4.79 Å². The Kier molecular flexibility index (Phi) is 4.74. The van der Waals surface area contributed by atoms with Crippen LogP contribution in [-0.4, -0.2) is 37.3 Å². The first-order chi connectivity index (χ1) is 9.20. The zero-order valence-electron chi connectivity index (χ0n) is 11.4. The van der Waals surface area contributed by atoms with Gasteiger partial charge in [0.25, 0.3) is 5.56 Å². The maximum Gasteiger partial charge on any atom is 0.339 e. The molecule has 0 spiro atoms. The lowest BCUT2D eigenvalue weighted by Crippen LogP contribution is -3.13. The van der Waals surface area contributed by atoms with E-state index in [0.717, 1.165) is 6.54 Å². The summed E-state index contributed by atoms with van der Waals surface area (Å²) in [5.41, 5.74) is 0.361. The van der Waals surface area contributed by atoms with E-state index < -0.39 is 5.97 Å². The number of likely N-dealkylation sites (tertiary alicyclic amines) is 1. The van der Waals surface area contributed by atoms with Crippen molar-refractivity contribution in [2.75, 3.05) is 26.7 Å². The molecule has 19 heavy (non-hydrogen) atoms. The molecule has 1 aliphatic rings. The van der Waals surface area contributed by atoms with Crippen molar-refractivity contribution in [2.45, 2.75) is 25.8 Å². The third-order valence-corrected chi connectivity index (χ3v) is 3.67. The summed E-state index contributed by atoms with van der Waals surface area (Å²) >= 11 is 0. The highest BCUT2D eigenvalue weighted by atomic mass is 16.5. The lowest BCUT2D eigenvalue weighted by Gasteiger charge is -2.23. The molecule has 5 heteroatoms. The van der Waals surface area contributed by atoms with E-state index in [0.29, 0.717) is 12.1 Å². The number of esters is 1. The zero-order chi connectivity index (χ0) is 13.7. The number of pyridine rings is 1. The average molecular weight is 265 g/mol. The van der Waals surface area contributed by atoms with E-state index in [1.165, 1.54) is 51.6 Å². The summed E-state index contributed by atoms with van der Waals surface area (Å²) < 4.78 is 6.27. The second-order valence-corrected chi connectivity index (χ2v) is 5.00. The van der Waals surface area contributed by atoms with E-state index in [1.54, 1.807) is 15.7 Å². The number of aromatic nitrogens is 1. The molecule has 0 atom stereocenters. The normalized spacial score (nSPS) is 16.3. The Morgan fingerprint density at radius 2 is 2.05 bits per heavy atom. The standard InChI is InChI=1S/C14H20N2O3/c1-19-14(18)12-5-6-13(17)16(11-12)10-9-15-7-3-2-4-8-15/h5-6,11H,2-4,7-10H2,1H3/p+1. The molecule has 1 N–H and O–H groups in total. The summed E-state index contributed by atoms with van der Waals surface area (Å²) in [6.07, 6.45) is 5.46. The predicted octanol–water partition coefficient (Wildman–Crippen LogP) is -0.296. The molecule has 0 amide bonds. The number of methoxy groups -OCH3 is 1. The minimum absolute atomic E-state index is 0.0657. The van der Waals surface area contributed by atoms with Crippen molar-refractivity contribution in [3.63, 3.8) is 0 Å². The molecule has 1 aliphatic heterocycles. The topological polar surface area (TPSA) is 52.7 Å². The van der Waals surface area contributed by atoms with Crippen LogP contribution in [0.15, 0.2) is 23.1 Å². The van der Waals surface area contributed by atoms with Crippen molar-refractivity contribution in [1.82, 2.24) is 4.57 Å². The van der Waals surface area contributed by atoms with Gasteiger partial charge in [0.15, 0.2) is 0 Å². The summed E-state index contributed by atoms with van der Waals surface area (Å²) in [5.74, 6) is -0.404. The van der Waals surface area contributed by atoms with Crippen molar-refractivity contribution in [3.8, 4) is 0 Å². The van der Waals surface area contributed by atoms with Gasteiger partial charge in [0, 0.05) is 12.3 Å². The van der Waals surface area contributed by atoms with Gasteiger partial charge in [-0.15, -0.1) is 0 Å². The third-order valence-electron chi connectivity index (χ3n) is 3.67. The molecule has 0 aromatic carbocycles. The number of ether oxygens (including phenoxy) is 1. The van der Waals surface area contributed by atoms with Gasteiger partial charge in [0.1, 0.15) is 0 Å². The second kappa shape index (κ2) is 6.52. The Balaban J connectivity index is 2.02. The number of piperidine rings is 1. The van der Waals surface area contributed by atoms with Crippen LogP contribution < -0.4 is 10.5 Å². The maximum absolute atomic E-state index is 11.8. The molecule has 2 rings (SSSR count). The number of nitrogens with one attached hydrogen (secondary N) is 1. The number of nitrogens with zero attached hydrogens (tertiary/aromatic N) is 1. The second-order valence-electron chi connectivity index (χ2n) is 5.00. The lowest BCUT2D eigenvalue weighted by molar-refractivity contribution is -0.905. The van der Waals surface area contributed by atoms with Crippen molar-refractivity contribution in [2.24, 2.45) is 0 Å². The first kappa shape index (κ1) is 13.8. The van der Waals surface area contributed by atoms with Crippen LogP contribution in [0.5, 0.6) is 0 Å². The van der Waals surface area contributed by atoms with E-state index in [2.05, 4.69) is 4.74 Å². The molecule has 0 aliphatic carbocycles. The summed E-state index contributed by atoms with van der Waals surface area (Å²) in [6, 6.07) is 2.94. The van der Waals surface area contributed by atoms with E-state index in [-0.39, 0.29) is 5.56 Å². The molecule has 1 saturated heterocycles. The summed E-state index contributed by atoms with van der Waals surface area (Å²) in [6.45, 7) is 3.96. The number of hydrogen-bond acceptors (Lipinski definition) is 3. The highest BCUT2D eigenvalue weighted by Crippen LogP contribution is 1.98. The first-order valence-electron chi connectivity index (χ1n) is 6.83. The Morgan fingerprint density at radius 1 is 1.32 bits per heavy atom. The van der Waals surface area contributed by atoms with Crippen LogP contribution >= 0.6 is 0 Å². The van der Waals surface area contributed by atoms with Crippen LogP contribution in [0, 0.1) is 0 Å². The smallest absolute Gasteiger partial charge is 0.339 e. The van der Waals surface area contributed by atoms with Crippen LogP contribution in [0.3, 0.4) is 0 Å². The number of carbonyl (C=O) groups is 1. The van der Waals surface area contributed by atoms with Crippen molar-refractivity contribution in [1.29, 1.82) is 0 Å². The quantitative estimate of drug-likeness (QED) is 0.761. The Bertz CT molecular complexity index is 490. The summed E-state index contributed by atoms with van der Waals surface area (Å²) in [5, 5.41) is 0. The minimum atomic E-state index is -0.404. The van der Waals surface area contributed by atoms with Crippen LogP contribution in [0.2, 0.25) is 0 Å². The molecule has 1 aromatic heterocycles. The molecule has 0 unspecified atom stereocenters. The van der Waals surface area contributed by atoms with Gasteiger partial charge in [-0.05, 0) is 25.3 Å². The highest BCUT2D eigenvalue weighted by molar-refractivity contribution is 5.88. The molecule has 104 valence electrons. The van der Waals surface area contributed by atoms with Gasteiger partial charge in [-0.1, -0.05) is 0 Å². The third kappa shape index (κ3) is 3.67. The monoisotopic (exact) mass is 265 g/mol. The Morgan fingerprint density at radius 3 is 2.74 bits per heavy atom. The SMILES string of the molecule is COC(=O)c1ccc(=O)n(CC[NH+]2CCCCC2)c1. The van der Waals surface area contributed by atoms with E-state index in [4.69, 9.17) is 0 Å². The fourth-order valence-corrected chi connectivity index (χ4v) is 2.53. The number of carbonyl (C=O) groups excluding carboxylic acids is 1. The van der Waals surface area contributed by atoms with Gasteiger partial charge in [0.05, 0.1) is 38.9 Å². The summed E-state index contributed by atoms with van der Waals surface area (Å²) in [4.78, 5) is 24.7. The van der Waals surface area contributed by atoms with Gasteiger partial charge < -0.3 is 14.2 Å². The van der Waals surface area contributed by atoms with Crippen LogP contribution in [-0.2, 0) is 11.3 Å². The Labute approximate surface area is 112 Å².